The highest BCUT2D eigenvalue weighted by molar-refractivity contribution is 7.09. The molecule has 7 heteroatoms. The number of hydrogen-bond acceptors (Lipinski definition) is 7. The van der Waals surface area contributed by atoms with E-state index in [1.165, 1.54) is 0 Å². The maximum absolute atomic E-state index is 13.2. The van der Waals surface area contributed by atoms with E-state index in [0.717, 1.165) is 61.3 Å². The molecule has 0 radical (unpaired) electrons. The number of Topliss-reactive ketones (excluding diaryl/α,β-unsaturated/α-hetero) is 1. The van der Waals surface area contributed by atoms with Crippen LogP contribution in [0.4, 0.5) is 0 Å². The number of ether oxygens (including phenoxy) is 1. The lowest BCUT2D eigenvalue weighted by molar-refractivity contribution is -0.153. The summed E-state index contributed by atoms with van der Waals surface area (Å²) >= 11 is 1.60. The van der Waals surface area contributed by atoms with Gasteiger partial charge >= 0.3 is 5.97 Å². The summed E-state index contributed by atoms with van der Waals surface area (Å²) < 4.78 is 5.92. The molecule has 1 fully saturated rings. The van der Waals surface area contributed by atoms with Gasteiger partial charge in [0.2, 0.25) is 0 Å². The first-order chi connectivity index (χ1) is 16.4. The van der Waals surface area contributed by atoms with Crippen LogP contribution in [0.3, 0.4) is 0 Å². The zero-order valence-corrected chi connectivity index (χ0v) is 23.5. The molecule has 1 aliphatic heterocycles. The van der Waals surface area contributed by atoms with Crippen LogP contribution in [-0.2, 0) is 20.9 Å². The minimum Gasteiger partial charge on any atom is -0.458 e. The number of thiazole rings is 1. The molecule has 1 saturated heterocycles. The van der Waals surface area contributed by atoms with E-state index in [1.807, 2.05) is 32.4 Å². The Bertz CT molecular complexity index is 863. The van der Waals surface area contributed by atoms with E-state index < -0.39 is 17.5 Å². The number of aromatic nitrogens is 1. The third kappa shape index (κ3) is 9.10. The summed E-state index contributed by atoms with van der Waals surface area (Å²) in [6, 6.07) is 0. The number of esters is 1. The van der Waals surface area contributed by atoms with Gasteiger partial charge in [-0.25, -0.2) is 4.98 Å². The van der Waals surface area contributed by atoms with Gasteiger partial charge in [0.05, 0.1) is 23.6 Å². The summed E-state index contributed by atoms with van der Waals surface area (Å²) in [6.07, 6.45) is 6.19. The summed E-state index contributed by atoms with van der Waals surface area (Å²) in [4.78, 5) is 30.7. The van der Waals surface area contributed by atoms with Gasteiger partial charge in [-0.2, -0.15) is 0 Å². The number of rotatable bonds is 4. The van der Waals surface area contributed by atoms with Gasteiger partial charge in [0.25, 0.3) is 0 Å². The molecule has 0 spiro atoms. The Kier molecular flexibility index (Phi) is 11.6. The topological polar surface area (TPSA) is 88.5 Å². The fourth-order valence-corrected chi connectivity index (χ4v) is 5.74. The van der Waals surface area contributed by atoms with Gasteiger partial charge in [0.1, 0.15) is 16.9 Å². The summed E-state index contributed by atoms with van der Waals surface area (Å²) in [6.45, 7) is 12.6. The van der Waals surface area contributed by atoms with Crippen molar-refractivity contribution in [2.45, 2.75) is 105 Å². The minimum absolute atomic E-state index is 0.0126. The standard InChI is InChI=1S/C28H46N2O4S/c1-18-9-8-10-19(2)13-21(4)27(33)28(5,6)24(31)15-26(32)34-23(12-11-18)20(3)14-22-17-35-25(30-22)16-29-7/h14,17-19,21,23-24,29,31H,8-13,15-16H2,1-7H3/b20-14+/t18?,19?,21?,23-,24?/m0/s1. The number of carbonyl (C=O) groups excluding carboxylic acids is 2. The molecular formula is C28H46N2O4S. The van der Waals surface area contributed by atoms with E-state index in [9.17, 15) is 14.7 Å². The number of carbonyl (C=O) groups is 2. The van der Waals surface area contributed by atoms with Crippen molar-refractivity contribution in [1.82, 2.24) is 10.3 Å². The van der Waals surface area contributed by atoms with E-state index in [4.69, 9.17) is 4.74 Å². The van der Waals surface area contributed by atoms with E-state index in [2.05, 4.69) is 24.1 Å². The summed E-state index contributed by atoms with van der Waals surface area (Å²) in [5, 5.41) is 17.0. The monoisotopic (exact) mass is 506 g/mol. The molecule has 1 aromatic rings. The molecule has 0 bridgehead atoms. The minimum atomic E-state index is -1.08. The predicted molar refractivity (Wildman–Crippen MR) is 143 cm³/mol. The summed E-state index contributed by atoms with van der Waals surface area (Å²) in [7, 11) is 1.90. The lowest BCUT2D eigenvalue weighted by atomic mass is 9.74. The van der Waals surface area contributed by atoms with Crippen LogP contribution in [0.25, 0.3) is 6.08 Å². The molecule has 6 nitrogen and oxygen atoms in total. The smallest absolute Gasteiger partial charge is 0.309 e. The Morgan fingerprint density at radius 1 is 1.20 bits per heavy atom. The number of hydrogen-bond donors (Lipinski definition) is 2. The molecule has 0 aliphatic carbocycles. The average molecular weight is 507 g/mol. The fourth-order valence-electron chi connectivity index (χ4n) is 4.97. The van der Waals surface area contributed by atoms with Gasteiger partial charge < -0.3 is 15.2 Å². The second-order valence-electron chi connectivity index (χ2n) is 11.2. The molecule has 1 aromatic heterocycles. The maximum Gasteiger partial charge on any atom is 0.309 e. The van der Waals surface area contributed by atoms with Crippen LogP contribution in [0, 0.1) is 23.2 Å². The SMILES string of the molecule is CNCc1nc(/C=C(\C)[C@@H]2CCC(C)CCCC(C)CC(C)C(=O)C(C)(C)C(O)CC(=O)O2)cs1. The van der Waals surface area contributed by atoms with Crippen molar-refractivity contribution in [3.63, 3.8) is 0 Å². The zero-order chi connectivity index (χ0) is 26.2. The van der Waals surface area contributed by atoms with Crippen molar-refractivity contribution in [2.24, 2.45) is 23.2 Å². The number of aliphatic hydroxyl groups excluding tert-OH is 1. The highest BCUT2D eigenvalue weighted by atomic mass is 32.1. The number of aliphatic hydroxyl groups is 1. The van der Waals surface area contributed by atoms with Crippen LogP contribution < -0.4 is 5.32 Å². The highest BCUT2D eigenvalue weighted by Crippen LogP contribution is 2.32. The molecular weight excluding hydrogens is 460 g/mol. The number of nitrogens with zero attached hydrogens (tertiary/aromatic N) is 1. The fraction of sp³-hybridized carbons (Fsp3) is 0.750. The molecule has 4 unspecified atom stereocenters. The van der Waals surface area contributed by atoms with Gasteiger partial charge in [0.15, 0.2) is 0 Å². The Hall–Kier alpha value is -1.57. The molecule has 198 valence electrons. The van der Waals surface area contributed by atoms with Crippen molar-refractivity contribution >= 4 is 29.2 Å². The maximum atomic E-state index is 13.2. The Labute approximate surface area is 216 Å². The van der Waals surface area contributed by atoms with Crippen LogP contribution >= 0.6 is 11.3 Å². The lowest BCUT2D eigenvalue weighted by Gasteiger charge is -2.32. The summed E-state index contributed by atoms with van der Waals surface area (Å²) in [5.41, 5.74) is 0.804. The van der Waals surface area contributed by atoms with Crippen LogP contribution in [0.2, 0.25) is 0 Å². The van der Waals surface area contributed by atoms with Gasteiger partial charge in [-0.1, -0.05) is 53.9 Å². The van der Waals surface area contributed by atoms with E-state index in [-0.39, 0.29) is 24.2 Å². The molecule has 0 saturated carbocycles. The lowest BCUT2D eigenvalue weighted by Crippen LogP contribution is -2.42. The zero-order valence-electron chi connectivity index (χ0n) is 22.7. The van der Waals surface area contributed by atoms with Crippen molar-refractivity contribution in [3.8, 4) is 0 Å². The van der Waals surface area contributed by atoms with Crippen LogP contribution in [0.1, 0.15) is 97.2 Å². The third-order valence-corrected chi connectivity index (χ3v) is 8.27. The van der Waals surface area contributed by atoms with Crippen molar-refractivity contribution in [2.75, 3.05) is 7.05 Å². The molecule has 1 aliphatic rings. The first kappa shape index (κ1) is 29.7. The normalized spacial score (nSPS) is 30.2. The van der Waals surface area contributed by atoms with Crippen molar-refractivity contribution in [1.29, 1.82) is 0 Å². The Morgan fingerprint density at radius 2 is 1.89 bits per heavy atom. The first-order valence-electron chi connectivity index (χ1n) is 13.1. The van der Waals surface area contributed by atoms with Gasteiger partial charge in [-0.3, -0.25) is 9.59 Å². The van der Waals surface area contributed by atoms with Crippen molar-refractivity contribution < 1.29 is 19.4 Å². The number of cyclic esters (lactones) is 1. The number of nitrogens with one attached hydrogen (secondary N) is 1. The third-order valence-electron chi connectivity index (χ3n) is 7.40. The largest absolute Gasteiger partial charge is 0.458 e. The van der Waals surface area contributed by atoms with Crippen LogP contribution in [-0.4, -0.2) is 41.1 Å². The molecule has 2 rings (SSSR count). The summed E-state index contributed by atoms with van der Waals surface area (Å²) in [5.74, 6) is 0.370. The van der Waals surface area contributed by atoms with Gasteiger partial charge in [-0.05, 0) is 56.7 Å². The second kappa shape index (κ2) is 13.7. The predicted octanol–water partition coefficient (Wildman–Crippen LogP) is 5.79. The molecule has 5 atom stereocenters. The first-order valence-corrected chi connectivity index (χ1v) is 14.0. The van der Waals surface area contributed by atoms with Crippen LogP contribution in [0.15, 0.2) is 11.0 Å². The van der Waals surface area contributed by atoms with Crippen molar-refractivity contribution in [3.05, 3.63) is 21.7 Å². The molecule has 2 N–H and O–H groups in total. The quantitative estimate of drug-likeness (QED) is 0.503. The van der Waals surface area contributed by atoms with E-state index >= 15 is 0 Å². The Balaban J connectivity index is 2.24. The molecule has 0 amide bonds. The van der Waals surface area contributed by atoms with Gasteiger partial charge in [-0.15, -0.1) is 11.3 Å². The Morgan fingerprint density at radius 3 is 2.57 bits per heavy atom. The average Bonchev–Trinajstić information content (AvgIpc) is 3.22. The molecule has 2 heterocycles. The van der Waals surface area contributed by atoms with E-state index in [1.54, 1.807) is 25.2 Å². The van der Waals surface area contributed by atoms with Crippen LogP contribution in [0.5, 0.6) is 0 Å². The second-order valence-corrected chi connectivity index (χ2v) is 12.2. The van der Waals surface area contributed by atoms with E-state index in [0.29, 0.717) is 11.8 Å². The van der Waals surface area contributed by atoms with Gasteiger partial charge in [0, 0.05) is 17.8 Å². The number of ketones is 1. The molecule has 0 aromatic carbocycles. The highest BCUT2D eigenvalue weighted by Gasteiger charge is 2.40. The molecule has 35 heavy (non-hydrogen) atoms.